The summed E-state index contributed by atoms with van der Waals surface area (Å²) in [6, 6.07) is 1.48. The SMILES string of the molecule is CCN(CC(=O)O)C1CC(NCc2cc(C(F)(F)F)cc(C(F)(F)F)c2)C1. The van der Waals surface area contributed by atoms with Crippen molar-refractivity contribution in [2.24, 2.45) is 0 Å². The number of hydrogen-bond donors (Lipinski definition) is 2. The summed E-state index contributed by atoms with van der Waals surface area (Å²) in [5.74, 6) is -0.947. The summed E-state index contributed by atoms with van der Waals surface area (Å²) in [5.41, 5.74) is -2.77. The molecule has 1 fully saturated rings. The molecule has 0 radical (unpaired) electrons. The maximum absolute atomic E-state index is 12.9. The highest BCUT2D eigenvalue weighted by Crippen LogP contribution is 2.36. The van der Waals surface area contributed by atoms with Crippen LogP contribution in [0.2, 0.25) is 0 Å². The zero-order valence-electron chi connectivity index (χ0n) is 14.5. The Kier molecular flexibility index (Phi) is 6.41. The van der Waals surface area contributed by atoms with Crippen LogP contribution in [-0.4, -0.2) is 41.1 Å². The van der Waals surface area contributed by atoms with Crippen LogP contribution in [0.4, 0.5) is 26.3 Å². The first-order valence-corrected chi connectivity index (χ1v) is 8.37. The summed E-state index contributed by atoms with van der Waals surface area (Å²) in [7, 11) is 0. The molecule has 1 aliphatic rings. The molecule has 0 heterocycles. The Morgan fingerprint density at radius 1 is 1.11 bits per heavy atom. The maximum Gasteiger partial charge on any atom is 0.416 e. The highest BCUT2D eigenvalue weighted by Gasteiger charge is 2.37. The molecule has 0 bridgehead atoms. The van der Waals surface area contributed by atoms with E-state index in [2.05, 4.69) is 5.32 Å². The monoisotopic (exact) mass is 398 g/mol. The Hall–Kier alpha value is -1.81. The highest BCUT2D eigenvalue weighted by molar-refractivity contribution is 5.69. The zero-order chi connectivity index (χ0) is 20.4. The molecule has 1 aromatic rings. The van der Waals surface area contributed by atoms with Crippen LogP contribution in [0.3, 0.4) is 0 Å². The van der Waals surface area contributed by atoms with E-state index in [4.69, 9.17) is 5.11 Å². The van der Waals surface area contributed by atoms with Gasteiger partial charge in [0, 0.05) is 18.6 Å². The summed E-state index contributed by atoms with van der Waals surface area (Å²) in [4.78, 5) is 12.6. The largest absolute Gasteiger partial charge is 0.480 e. The van der Waals surface area contributed by atoms with E-state index >= 15 is 0 Å². The van der Waals surface area contributed by atoms with Gasteiger partial charge < -0.3 is 10.4 Å². The Morgan fingerprint density at radius 2 is 1.63 bits per heavy atom. The maximum atomic E-state index is 12.9. The molecular weight excluding hydrogens is 378 g/mol. The van der Waals surface area contributed by atoms with E-state index in [0.29, 0.717) is 31.5 Å². The zero-order valence-corrected chi connectivity index (χ0v) is 14.5. The van der Waals surface area contributed by atoms with Crippen molar-refractivity contribution in [1.82, 2.24) is 10.2 Å². The van der Waals surface area contributed by atoms with Gasteiger partial charge in [-0.15, -0.1) is 0 Å². The number of alkyl halides is 6. The molecule has 0 saturated heterocycles. The highest BCUT2D eigenvalue weighted by atomic mass is 19.4. The summed E-state index contributed by atoms with van der Waals surface area (Å²) < 4.78 is 77.1. The van der Waals surface area contributed by atoms with E-state index in [1.807, 2.05) is 6.92 Å². The minimum absolute atomic E-state index is 0.0378. The van der Waals surface area contributed by atoms with Gasteiger partial charge in [0.1, 0.15) is 0 Å². The fourth-order valence-electron chi connectivity index (χ4n) is 3.11. The number of carboxylic acids is 1. The fraction of sp³-hybridized carbons (Fsp3) is 0.588. The molecule has 1 aliphatic carbocycles. The van der Waals surface area contributed by atoms with Crippen molar-refractivity contribution in [1.29, 1.82) is 0 Å². The fourth-order valence-corrected chi connectivity index (χ4v) is 3.11. The molecule has 0 aliphatic heterocycles. The molecule has 0 spiro atoms. The van der Waals surface area contributed by atoms with Crippen molar-refractivity contribution in [3.63, 3.8) is 0 Å². The van der Waals surface area contributed by atoms with E-state index < -0.39 is 29.4 Å². The predicted octanol–water partition coefficient (Wildman–Crippen LogP) is 3.75. The van der Waals surface area contributed by atoms with Gasteiger partial charge in [0.25, 0.3) is 0 Å². The topological polar surface area (TPSA) is 52.6 Å². The first-order chi connectivity index (χ1) is 12.4. The number of carboxylic acid groups (broad SMARTS) is 1. The lowest BCUT2D eigenvalue weighted by Crippen LogP contribution is -2.53. The number of rotatable bonds is 7. The molecule has 0 atom stereocenters. The molecular formula is C17H20F6N2O2. The van der Waals surface area contributed by atoms with E-state index in [1.165, 1.54) is 0 Å². The van der Waals surface area contributed by atoms with E-state index in [1.54, 1.807) is 4.90 Å². The Morgan fingerprint density at radius 3 is 2.04 bits per heavy atom. The summed E-state index contributed by atoms with van der Waals surface area (Å²) in [6.07, 6.45) is -8.55. The molecule has 0 amide bonds. The van der Waals surface area contributed by atoms with Crippen molar-refractivity contribution in [3.05, 3.63) is 34.9 Å². The first-order valence-electron chi connectivity index (χ1n) is 8.37. The van der Waals surface area contributed by atoms with Crippen LogP contribution in [-0.2, 0) is 23.7 Å². The molecule has 4 nitrogen and oxygen atoms in total. The number of nitrogens with zero attached hydrogens (tertiary/aromatic N) is 1. The summed E-state index contributed by atoms with van der Waals surface area (Å²) in [6.45, 7) is 2.14. The van der Waals surface area contributed by atoms with Crippen LogP contribution in [0.15, 0.2) is 18.2 Å². The lowest BCUT2D eigenvalue weighted by atomic mass is 9.85. The third-order valence-electron chi connectivity index (χ3n) is 4.62. The third-order valence-corrected chi connectivity index (χ3v) is 4.62. The van der Waals surface area contributed by atoms with Crippen molar-refractivity contribution in [3.8, 4) is 0 Å². The molecule has 0 unspecified atom stereocenters. The Balaban J connectivity index is 1.99. The second kappa shape index (κ2) is 8.05. The van der Waals surface area contributed by atoms with Crippen LogP contribution in [0.25, 0.3) is 0 Å². The van der Waals surface area contributed by atoms with Gasteiger partial charge in [-0.1, -0.05) is 6.92 Å². The van der Waals surface area contributed by atoms with Gasteiger partial charge in [-0.05, 0) is 43.1 Å². The van der Waals surface area contributed by atoms with Gasteiger partial charge in [-0.25, -0.2) is 0 Å². The van der Waals surface area contributed by atoms with Crippen molar-refractivity contribution >= 4 is 5.97 Å². The normalized spacial score (nSPS) is 20.6. The first kappa shape index (κ1) is 21.5. The minimum atomic E-state index is -4.87. The van der Waals surface area contributed by atoms with Gasteiger partial charge in [0.15, 0.2) is 0 Å². The predicted molar refractivity (Wildman–Crippen MR) is 85.0 cm³/mol. The van der Waals surface area contributed by atoms with Crippen LogP contribution >= 0.6 is 0 Å². The second-order valence-corrected chi connectivity index (χ2v) is 6.57. The minimum Gasteiger partial charge on any atom is -0.480 e. The summed E-state index contributed by atoms with van der Waals surface area (Å²) in [5, 5.41) is 11.8. The van der Waals surface area contributed by atoms with Crippen LogP contribution in [0.1, 0.15) is 36.5 Å². The number of benzene rings is 1. The number of halogens is 6. The third kappa shape index (κ3) is 5.83. The van der Waals surface area contributed by atoms with Crippen molar-refractivity contribution < 1.29 is 36.2 Å². The molecule has 2 N–H and O–H groups in total. The van der Waals surface area contributed by atoms with Crippen molar-refractivity contribution in [2.75, 3.05) is 13.1 Å². The Labute approximate surface area is 152 Å². The number of likely N-dealkylation sites (N-methyl/N-ethyl adjacent to an activating group) is 1. The number of hydrogen-bond acceptors (Lipinski definition) is 3. The van der Waals surface area contributed by atoms with Crippen LogP contribution in [0, 0.1) is 0 Å². The number of nitrogens with one attached hydrogen (secondary N) is 1. The average Bonchev–Trinajstić information content (AvgIpc) is 2.49. The van der Waals surface area contributed by atoms with Gasteiger partial charge >= 0.3 is 18.3 Å². The van der Waals surface area contributed by atoms with Crippen molar-refractivity contribution in [2.45, 2.75) is 50.7 Å². The molecule has 10 heteroatoms. The molecule has 27 heavy (non-hydrogen) atoms. The van der Waals surface area contributed by atoms with E-state index in [0.717, 1.165) is 0 Å². The molecule has 2 rings (SSSR count). The van der Waals surface area contributed by atoms with Gasteiger partial charge in [-0.2, -0.15) is 26.3 Å². The smallest absolute Gasteiger partial charge is 0.416 e. The summed E-state index contributed by atoms with van der Waals surface area (Å²) >= 11 is 0. The van der Waals surface area contributed by atoms with Crippen LogP contribution < -0.4 is 5.32 Å². The molecule has 1 aromatic carbocycles. The molecule has 1 saturated carbocycles. The number of aliphatic carboxylic acids is 1. The lowest BCUT2D eigenvalue weighted by molar-refractivity contribution is -0.143. The Bertz CT molecular complexity index is 636. The van der Waals surface area contributed by atoms with Gasteiger partial charge in [-0.3, -0.25) is 9.69 Å². The molecule has 0 aromatic heterocycles. The van der Waals surface area contributed by atoms with E-state index in [-0.39, 0.29) is 36.8 Å². The quantitative estimate of drug-likeness (QED) is 0.687. The van der Waals surface area contributed by atoms with Crippen LogP contribution in [0.5, 0.6) is 0 Å². The lowest BCUT2D eigenvalue weighted by Gasteiger charge is -2.42. The van der Waals surface area contributed by atoms with E-state index in [9.17, 15) is 31.1 Å². The van der Waals surface area contributed by atoms with Gasteiger partial charge in [0.05, 0.1) is 17.7 Å². The number of carbonyl (C=O) groups is 1. The van der Waals surface area contributed by atoms with Gasteiger partial charge in [0.2, 0.25) is 0 Å². The standard InChI is InChI=1S/C17H20F6N2O2/c1-2-25(9-15(26)27)14-6-13(7-14)24-8-10-3-11(16(18,19)20)5-12(4-10)17(21,22)23/h3-5,13-14,24H,2,6-9H2,1H3,(H,26,27). The molecule has 152 valence electrons. The second-order valence-electron chi connectivity index (χ2n) is 6.57. The average molecular weight is 398 g/mol.